The highest BCUT2D eigenvalue weighted by atomic mass is 15.2. The second-order valence-electron chi connectivity index (χ2n) is 13.3. The van der Waals surface area contributed by atoms with E-state index in [0.29, 0.717) is 0 Å². The molecular formula is C48H31N3. The third-order valence-corrected chi connectivity index (χ3v) is 10.6. The Labute approximate surface area is 294 Å². The number of benzene rings is 8. The van der Waals surface area contributed by atoms with Crippen LogP contribution in [0.15, 0.2) is 188 Å². The van der Waals surface area contributed by atoms with E-state index in [0.717, 1.165) is 22.7 Å². The van der Waals surface area contributed by atoms with Gasteiger partial charge >= 0.3 is 0 Å². The van der Waals surface area contributed by atoms with Gasteiger partial charge in [-0.1, -0.05) is 127 Å². The minimum atomic E-state index is 1.11. The molecule has 51 heavy (non-hydrogen) atoms. The first kappa shape index (κ1) is 28.0. The van der Waals surface area contributed by atoms with Gasteiger partial charge in [0.25, 0.3) is 0 Å². The number of aromatic nitrogens is 2. The third kappa shape index (κ3) is 4.00. The van der Waals surface area contributed by atoms with Crippen molar-refractivity contribution in [3.63, 3.8) is 0 Å². The second-order valence-corrected chi connectivity index (χ2v) is 13.3. The molecule has 3 heteroatoms. The van der Waals surface area contributed by atoms with E-state index in [4.69, 9.17) is 0 Å². The topological polar surface area (TPSA) is 12.6 Å². The highest BCUT2D eigenvalue weighted by molar-refractivity contribution is 6.31. The SMILES string of the molecule is c1ccc(-c2ccc(-n3c4cccc5c6cccc7c8ccccc8n(c8cccc3c8c54)c67)c(N(c3ccccc3)c3ccccc3)c2)cc1. The van der Waals surface area contributed by atoms with Crippen LogP contribution in [0, 0.1) is 0 Å². The van der Waals surface area contributed by atoms with Crippen molar-refractivity contribution >= 4 is 77.0 Å². The van der Waals surface area contributed by atoms with E-state index < -0.39 is 0 Å². The van der Waals surface area contributed by atoms with Gasteiger partial charge in [0.2, 0.25) is 0 Å². The average molecular weight is 650 g/mol. The van der Waals surface area contributed by atoms with E-state index in [1.54, 1.807) is 0 Å². The van der Waals surface area contributed by atoms with Gasteiger partial charge in [-0.2, -0.15) is 0 Å². The molecule has 3 nitrogen and oxygen atoms in total. The molecular weight excluding hydrogens is 619 g/mol. The Morgan fingerprint density at radius 3 is 1.63 bits per heavy atom. The molecule has 238 valence electrons. The summed E-state index contributed by atoms with van der Waals surface area (Å²) >= 11 is 0. The molecule has 0 aliphatic heterocycles. The van der Waals surface area contributed by atoms with E-state index in [9.17, 15) is 0 Å². The Hall–Kier alpha value is -6.84. The summed E-state index contributed by atoms with van der Waals surface area (Å²) in [6, 6.07) is 68.4. The molecule has 8 aromatic carbocycles. The van der Waals surface area contributed by atoms with Gasteiger partial charge in [-0.05, 0) is 77.2 Å². The summed E-state index contributed by atoms with van der Waals surface area (Å²) in [6.07, 6.45) is 0. The number of para-hydroxylation sites is 4. The molecule has 0 bridgehead atoms. The molecule has 0 amide bonds. The molecule has 0 aliphatic rings. The lowest BCUT2D eigenvalue weighted by Gasteiger charge is -2.29. The van der Waals surface area contributed by atoms with Crippen molar-refractivity contribution in [3.05, 3.63) is 188 Å². The molecule has 11 aromatic rings. The fraction of sp³-hybridized carbons (Fsp3) is 0. The van der Waals surface area contributed by atoms with Crippen LogP contribution in [0.5, 0.6) is 0 Å². The zero-order valence-corrected chi connectivity index (χ0v) is 27.7. The highest BCUT2D eigenvalue weighted by Gasteiger charge is 2.25. The van der Waals surface area contributed by atoms with Crippen molar-refractivity contribution in [1.82, 2.24) is 8.97 Å². The van der Waals surface area contributed by atoms with Gasteiger partial charge < -0.3 is 13.9 Å². The monoisotopic (exact) mass is 649 g/mol. The van der Waals surface area contributed by atoms with Crippen LogP contribution in [0.1, 0.15) is 0 Å². The zero-order chi connectivity index (χ0) is 33.5. The molecule has 0 unspecified atom stereocenters. The average Bonchev–Trinajstić information content (AvgIpc) is 3.68. The lowest BCUT2D eigenvalue weighted by molar-refractivity contribution is 1.15. The predicted molar refractivity (Wildman–Crippen MR) is 216 cm³/mol. The summed E-state index contributed by atoms with van der Waals surface area (Å²) in [7, 11) is 0. The van der Waals surface area contributed by atoms with Gasteiger partial charge in [0.05, 0.1) is 39.0 Å². The first-order valence-corrected chi connectivity index (χ1v) is 17.5. The second kappa shape index (κ2) is 10.8. The molecule has 0 fully saturated rings. The van der Waals surface area contributed by atoms with E-state index in [-0.39, 0.29) is 0 Å². The smallest absolute Gasteiger partial charge is 0.0708 e. The summed E-state index contributed by atoms with van der Waals surface area (Å²) < 4.78 is 5.00. The normalized spacial score (nSPS) is 11.9. The molecule has 0 saturated heterocycles. The Balaban J connectivity index is 1.32. The lowest BCUT2D eigenvalue weighted by Crippen LogP contribution is -2.13. The maximum atomic E-state index is 2.51. The van der Waals surface area contributed by atoms with Crippen LogP contribution in [0.3, 0.4) is 0 Å². The molecule has 0 atom stereocenters. The largest absolute Gasteiger partial charge is 0.308 e. The third-order valence-electron chi connectivity index (χ3n) is 10.6. The Morgan fingerprint density at radius 1 is 0.353 bits per heavy atom. The first-order valence-electron chi connectivity index (χ1n) is 17.5. The van der Waals surface area contributed by atoms with Crippen molar-refractivity contribution < 1.29 is 0 Å². The number of nitrogens with zero attached hydrogens (tertiary/aromatic N) is 3. The minimum absolute atomic E-state index is 1.11. The quantitative estimate of drug-likeness (QED) is 0.181. The van der Waals surface area contributed by atoms with Crippen LogP contribution in [0.4, 0.5) is 17.1 Å². The maximum Gasteiger partial charge on any atom is 0.0708 e. The van der Waals surface area contributed by atoms with Crippen LogP contribution in [0.2, 0.25) is 0 Å². The van der Waals surface area contributed by atoms with Crippen LogP contribution < -0.4 is 4.90 Å². The van der Waals surface area contributed by atoms with Gasteiger partial charge in [0, 0.05) is 38.3 Å². The van der Waals surface area contributed by atoms with Crippen molar-refractivity contribution in [1.29, 1.82) is 0 Å². The molecule has 0 radical (unpaired) electrons. The Kier molecular flexibility index (Phi) is 5.96. The first-order chi connectivity index (χ1) is 25.3. The fourth-order valence-corrected chi connectivity index (χ4v) is 8.53. The molecule has 3 aromatic heterocycles. The number of fused-ring (bicyclic) bond motifs is 5. The number of hydrogen-bond donors (Lipinski definition) is 0. The van der Waals surface area contributed by atoms with Crippen LogP contribution >= 0.6 is 0 Å². The van der Waals surface area contributed by atoms with Crippen LogP contribution in [-0.2, 0) is 0 Å². The van der Waals surface area contributed by atoms with E-state index in [1.165, 1.54) is 71.0 Å². The van der Waals surface area contributed by atoms with Crippen molar-refractivity contribution in [3.8, 4) is 16.8 Å². The molecule has 0 aliphatic carbocycles. The minimum Gasteiger partial charge on any atom is -0.308 e. The molecule has 11 rings (SSSR count). The lowest BCUT2D eigenvalue weighted by atomic mass is 10.0. The summed E-state index contributed by atoms with van der Waals surface area (Å²) in [5.74, 6) is 0. The summed E-state index contributed by atoms with van der Waals surface area (Å²) in [6.45, 7) is 0. The van der Waals surface area contributed by atoms with Gasteiger partial charge in [0.15, 0.2) is 0 Å². The fourth-order valence-electron chi connectivity index (χ4n) is 8.53. The van der Waals surface area contributed by atoms with Gasteiger partial charge in [0.1, 0.15) is 0 Å². The summed E-state index contributed by atoms with van der Waals surface area (Å²) in [4.78, 5) is 2.40. The van der Waals surface area contributed by atoms with Crippen molar-refractivity contribution in [2.75, 3.05) is 4.90 Å². The summed E-state index contributed by atoms with van der Waals surface area (Å²) in [5, 5.41) is 7.65. The standard InChI is InChI=1S/C48H31N3/c1-4-15-32(16-5-1)33-29-30-41(45(31-33)49(34-17-6-2-7-18-34)35-19-8-3-9-20-35)50-42-26-13-22-37-39-24-12-23-38-36-21-10-11-25-40(36)51(48(38)39)44-28-14-27-43(50)47(44)46(37)42/h1-31H. The molecule has 0 spiro atoms. The zero-order valence-electron chi connectivity index (χ0n) is 27.7. The molecule has 0 N–H and O–H groups in total. The summed E-state index contributed by atoms with van der Waals surface area (Å²) in [5.41, 5.74) is 12.9. The Morgan fingerprint density at radius 2 is 0.882 bits per heavy atom. The number of anilines is 3. The highest BCUT2D eigenvalue weighted by Crippen LogP contribution is 2.47. The van der Waals surface area contributed by atoms with E-state index >= 15 is 0 Å². The maximum absolute atomic E-state index is 2.51. The number of hydrogen-bond acceptors (Lipinski definition) is 1. The van der Waals surface area contributed by atoms with Crippen molar-refractivity contribution in [2.24, 2.45) is 0 Å². The van der Waals surface area contributed by atoms with E-state index in [1.807, 2.05) is 0 Å². The Bertz CT molecular complexity index is 3020. The van der Waals surface area contributed by atoms with Gasteiger partial charge in [-0.15, -0.1) is 0 Å². The van der Waals surface area contributed by atoms with Crippen LogP contribution in [0.25, 0.3) is 76.7 Å². The van der Waals surface area contributed by atoms with E-state index in [2.05, 4.69) is 202 Å². The predicted octanol–water partition coefficient (Wildman–Crippen LogP) is 13.1. The number of rotatable bonds is 5. The molecule has 0 saturated carbocycles. The van der Waals surface area contributed by atoms with Gasteiger partial charge in [-0.3, -0.25) is 0 Å². The van der Waals surface area contributed by atoms with Crippen LogP contribution in [-0.4, -0.2) is 8.97 Å². The van der Waals surface area contributed by atoms with Crippen molar-refractivity contribution in [2.45, 2.75) is 0 Å². The van der Waals surface area contributed by atoms with Gasteiger partial charge in [-0.25, -0.2) is 0 Å². The molecule has 3 heterocycles.